The summed E-state index contributed by atoms with van der Waals surface area (Å²) in [5, 5.41) is 6.52. The van der Waals surface area contributed by atoms with Gasteiger partial charge in [-0.25, -0.2) is 0 Å². The molecule has 130 valence electrons. The molecular formula is C18H24BrN3O2. The summed E-state index contributed by atoms with van der Waals surface area (Å²) in [7, 11) is 0. The van der Waals surface area contributed by atoms with E-state index in [1.807, 2.05) is 12.1 Å². The number of hydrogen-bond acceptors (Lipinski definition) is 3. The van der Waals surface area contributed by atoms with Crippen molar-refractivity contribution in [2.45, 2.75) is 38.3 Å². The largest absolute Gasteiger partial charge is 0.351 e. The summed E-state index contributed by atoms with van der Waals surface area (Å²) in [6.07, 6.45) is 2.57. The van der Waals surface area contributed by atoms with Gasteiger partial charge in [-0.1, -0.05) is 22.9 Å². The van der Waals surface area contributed by atoms with Crippen LogP contribution in [0.1, 0.15) is 36.5 Å². The zero-order chi connectivity index (χ0) is 17.1. The smallest absolute Gasteiger partial charge is 0.254 e. The lowest BCUT2D eigenvalue weighted by molar-refractivity contribution is -0.126. The minimum absolute atomic E-state index is 0.00304. The molecule has 2 aliphatic heterocycles. The minimum Gasteiger partial charge on any atom is -0.351 e. The van der Waals surface area contributed by atoms with E-state index in [-0.39, 0.29) is 23.9 Å². The number of benzene rings is 1. The summed E-state index contributed by atoms with van der Waals surface area (Å²) in [5.74, 6) is 0.356. The van der Waals surface area contributed by atoms with Crippen LogP contribution in [0.25, 0.3) is 0 Å². The van der Waals surface area contributed by atoms with E-state index >= 15 is 0 Å². The molecule has 2 amide bonds. The Bertz CT molecular complexity index is 605. The number of rotatable bonds is 3. The van der Waals surface area contributed by atoms with Crippen LogP contribution in [0.5, 0.6) is 0 Å². The highest BCUT2D eigenvalue weighted by Crippen LogP contribution is 2.22. The molecule has 6 heteroatoms. The Labute approximate surface area is 151 Å². The molecule has 3 unspecified atom stereocenters. The summed E-state index contributed by atoms with van der Waals surface area (Å²) in [4.78, 5) is 27.2. The van der Waals surface area contributed by atoms with Crippen LogP contribution in [-0.2, 0) is 4.79 Å². The molecule has 1 aromatic rings. The van der Waals surface area contributed by atoms with E-state index in [1.54, 1.807) is 17.0 Å². The van der Waals surface area contributed by atoms with Gasteiger partial charge in [-0.15, -0.1) is 0 Å². The molecule has 5 nitrogen and oxygen atoms in total. The van der Waals surface area contributed by atoms with Gasteiger partial charge < -0.3 is 15.5 Å². The van der Waals surface area contributed by atoms with Gasteiger partial charge in [0.25, 0.3) is 5.91 Å². The van der Waals surface area contributed by atoms with Crippen LogP contribution in [0, 0.1) is 5.92 Å². The quantitative estimate of drug-likeness (QED) is 0.826. The maximum Gasteiger partial charge on any atom is 0.254 e. The van der Waals surface area contributed by atoms with Gasteiger partial charge in [-0.3, -0.25) is 9.59 Å². The monoisotopic (exact) mass is 393 g/mol. The van der Waals surface area contributed by atoms with E-state index in [9.17, 15) is 9.59 Å². The van der Waals surface area contributed by atoms with Gasteiger partial charge in [-0.2, -0.15) is 0 Å². The van der Waals surface area contributed by atoms with E-state index in [4.69, 9.17) is 0 Å². The lowest BCUT2D eigenvalue weighted by Gasteiger charge is -2.32. The lowest BCUT2D eigenvalue weighted by atomic mass is 9.95. The molecule has 1 aromatic carbocycles. The first-order valence-corrected chi connectivity index (χ1v) is 9.43. The fraction of sp³-hybridized carbons (Fsp3) is 0.556. The van der Waals surface area contributed by atoms with Gasteiger partial charge in [0, 0.05) is 22.6 Å². The van der Waals surface area contributed by atoms with Crippen LogP contribution >= 0.6 is 15.9 Å². The van der Waals surface area contributed by atoms with Crippen molar-refractivity contribution in [2.24, 2.45) is 5.92 Å². The second-order valence-electron chi connectivity index (χ2n) is 6.75. The van der Waals surface area contributed by atoms with E-state index < -0.39 is 0 Å². The summed E-state index contributed by atoms with van der Waals surface area (Å²) in [5.41, 5.74) is 0.633. The second kappa shape index (κ2) is 7.66. The number of hydrogen-bond donors (Lipinski definition) is 2. The maximum absolute atomic E-state index is 12.8. The Morgan fingerprint density at radius 2 is 2.00 bits per heavy atom. The molecule has 2 aliphatic rings. The van der Waals surface area contributed by atoms with Gasteiger partial charge >= 0.3 is 0 Å². The van der Waals surface area contributed by atoms with Crippen LogP contribution in [0.4, 0.5) is 0 Å². The Morgan fingerprint density at radius 1 is 1.25 bits per heavy atom. The Balaban J connectivity index is 1.67. The lowest BCUT2D eigenvalue weighted by Crippen LogP contribution is -2.53. The number of amides is 2. The molecule has 2 saturated heterocycles. The minimum atomic E-state index is -0.344. The molecule has 0 aromatic heterocycles. The van der Waals surface area contributed by atoms with Crippen molar-refractivity contribution < 1.29 is 9.59 Å². The third-order valence-electron chi connectivity index (χ3n) is 5.02. The number of nitrogens with one attached hydrogen (secondary N) is 2. The average Bonchev–Trinajstić information content (AvgIpc) is 3.07. The van der Waals surface area contributed by atoms with Crippen molar-refractivity contribution in [3.63, 3.8) is 0 Å². The summed E-state index contributed by atoms with van der Waals surface area (Å²) >= 11 is 3.38. The molecule has 0 aliphatic carbocycles. The first-order valence-electron chi connectivity index (χ1n) is 8.64. The molecule has 0 bridgehead atoms. The second-order valence-corrected chi connectivity index (χ2v) is 7.66. The van der Waals surface area contributed by atoms with E-state index in [0.29, 0.717) is 18.0 Å². The third kappa shape index (κ3) is 3.81. The summed E-state index contributed by atoms with van der Waals surface area (Å²) < 4.78 is 0.940. The molecule has 24 heavy (non-hydrogen) atoms. The highest BCUT2D eigenvalue weighted by atomic mass is 79.9. The molecule has 0 radical (unpaired) electrons. The van der Waals surface area contributed by atoms with Gasteiger partial charge in [0.15, 0.2) is 0 Å². The van der Waals surface area contributed by atoms with Crippen molar-refractivity contribution in [1.29, 1.82) is 0 Å². The van der Waals surface area contributed by atoms with Crippen LogP contribution < -0.4 is 10.6 Å². The van der Waals surface area contributed by atoms with Gasteiger partial charge in [0.05, 0.1) is 0 Å². The van der Waals surface area contributed by atoms with Crippen molar-refractivity contribution in [2.75, 3.05) is 19.6 Å². The van der Waals surface area contributed by atoms with Crippen molar-refractivity contribution in [1.82, 2.24) is 15.5 Å². The SMILES string of the molecule is CC1CNCCC1NC(=O)C1CCCN1C(=O)c1ccc(Br)cc1. The molecule has 2 N–H and O–H groups in total. The van der Waals surface area contributed by atoms with Crippen LogP contribution in [0.2, 0.25) is 0 Å². The third-order valence-corrected chi connectivity index (χ3v) is 5.55. The number of carbonyl (C=O) groups excluding carboxylic acids is 2. The summed E-state index contributed by atoms with van der Waals surface area (Å²) in [6, 6.07) is 7.17. The van der Waals surface area contributed by atoms with Crippen molar-refractivity contribution in [3.05, 3.63) is 34.3 Å². The number of halogens is 1. The Kier molecular flexibility index (Phi) is 5.56. The van der Waals surface area contributed by atoms with Gasteiger partial charge in [0.2, 0.25) is 5.91 Å². The Morgan fingerprint density at radius 3 is 2.71 bits per heavy atom. The standard InChI is InChI=1S/C18H24BrN3O2/c1-12-11-20-9-8-15(12)21-17(23)16-3-2-10-22(16)18(24)13-4-6-14(19)7-5-13/h4-7,12,15-16,20H,2-3,8-11H2,1H3,(H,21,23). The van der Waals surface area contributed by atoms with Crippen molar-refractivity contribution in [3.8, 4) is 0 Å². The molecular weight excluding hydrogens is 370 g/mol. The zero-order valence-electron chi connectivity index (χ0n) is 13.9. The number of likely N-dealkylation sites (tertiary alicyclic amines) is 1. The van der Waals surface area contributed by atoms with Crippen molar-refractivity contribution >= 4 is 27.7 Å². The molecule has 2 heterocycles. The molecule has 0 saturated carbocycles. The van der Waals surface area contributed by atoms with Crippen LogP contribution in [0.3, 0.4) is 0 Å². The average molecular weight is 394 g/mol. The Hall–Kier alpha value is -1.40. The fourth-order valence-electron chi connectivity index (χ4n) is 3.55. The van der Waals surface area contributed by atoms with Gasteiger partial charge in [0.1, 0.15) is 6.04 Å². The summed E-state index contributed by atoms with van der Waals surface area (Å²) in [6.45, 7) is 4.66. The fourth-order valence-corrected chi connectivity index (χ4v) is 3.81. The zero-order valence-corrected chi connectivity index (χ0v) is 15.5. The van der Waals surface area contributed by atoms with Crippen LogP contribution in [0.15, 0.2) is 28.7 Å². The molecule has 0 spiro atoms. The van der Waals surface area contributed by atoms with E-state index in [1.165, 1.54) is 0 Å². The van der Waals surface area contributed by atoms with Crippen LogP contribution in [-0.4, -0.2) is 48.4 Å². The molecule has 3 rings (SSSR count). The number of nitrogens with zero attached hydrogens (tertiary/aromatic N) is 1. The predicted octanol–water partition coefficient (Wildman–Crippen LogP) is 2.17. The first-order chi connectivity index (χ1) is 11.6. The predicted molar refractivity (Wildman–Crippen MR) is 96.8 cm³/mol. The van der Waals surface area contributed by atoms with E-state index in [0.717, 1.165) is 36.8 Å². The highest BCUT2D eigenvalue weighted by molar-refractivity contribution is 9.10. The maximum atomic E-state index is 12.8. The molecule has 3 atom stereocenters. The normalized spacial score (nSPS) is 27.1. The van der Waals surface area contributed by atoms with E-state index in [2.05, 4.69) is 33.5 Å². The number of piperidine rings is 1. The number of carbonyl (C=O) groups is 2. The van der Waals surface area contributed by atoms with Gasteiger partial charge in [-0.05, 0) is 62.5 Å². The molecule has 2 fully saturated rings. The highest BCUT2D eigenvalue weighted by Gasteiger charge is 2.36. The first kappa shape index (κ1) is 17.4. The topological polar surface area (TPSA) is 61.4 Å².